The zero-order chi connectivity index (χ0) is 20.3. The highest BCUT2D eigenvalue weighted by Gasteiger charge is 2.14. The summed E-state index contributed by atoms with van der Waals surface area (Å²) in [6.07, 6.45) is 1.50. The van der Waals surface area contributed by atoms with Gasteiger partial charge in [-0.05, 0) is 37.3 Å². The Morgan fingerprint density at radius 1 is 1.25 bits per heavy atom. The fourth-order valence-corrected chi connectivity index (χ4v) is 2.66. The van der Waals surface area contributed by atoms with Crippen molar-refractivity contribution >= 4 is 64.8 Å². The van der Waals surface area contributed by atoms with Crippen LogP contribution in [-0.4, -0.2) is 33.4 Å². The maximum atomic E-state index is 11.9. The van der Waals surface area contributed by atoms with Gasteiger partial charge in [0.25, 0.3) is 0 Å². The molecular formula is C17H16ClN7O2S. The summed E-state index contributed by atoms with van der Waals surface area (Å²) < 4.78 is 1.08. The maximum absolute atomic E-state index is 11.9. The molecular weight excluding hydrogens is 402 g/mol. The van der Waals surface area contributed by atoms with E-state index < -0.39 is 11.9 Å². The molecule has 11 heteroatoms. The molecule has 3 amide bonds. The number of carbonyl (C=O) groups excluding carboxylic acids is 2. The molecule has 0 radical (unpaired) electrons. The Bertz CT molecular complexity index is 1060. The number of nitrogens with two attached hydrogens (primary N) is 1. The lowest BCUT2D eigenvalue weighted by Gasteiger charge is -2.15. The van der Waals surface area contributed by atoms with Crippen molar-refractivity contribution in [3.05, 3.63) is 47.1 Å². The first-order valence-electron chi connectivity index (χ1n) is 8.16. The number of aromatic nitrogens is 3. The number of nitrogens with one attached hydrogen (secondary N) is 2. The van der Waals surface area contributed by atoms with Crippen molar-refractivity contribution in [1.82, 2.24) is 20.3 Å². The maximum Gasteiger partial charge on any atom is 0.333 e. The second-order valence-electron chi connectivity index (χ2n) is 5.60. The topological polar surface area (TPSA) is 126 Å². The zero-order valence-corrected chi connectivity index (χ0v) is 16.3. The molecule has 0 aliphatic heterocycles. The van der Waals surface area contributed by atoms with Crippen LogP contribution in [-0.2, 0) is 0 Å². The van der Waals surface area contributed by atoms with Gasteiger partial charge in [-0.3, -0.25) is 4.79 Å². The minimum absolute atomic E-state index is 0.294. The molecule has 0 aliphatic rings. The van der Waals surface area contributed by atoms with Gasteiger partial charge in [0.15, 0.2) is 11.5 Å². The molecule has 144 valence electrons. The van der Waals surface area contributed by atoms with Crippen LogP contribution in [0.15, 0.2) is 36.5 Å². The summed E-state index contributed by atoms with van der Waals surface area (Å²) in [7, 11) is 0. The van der Waals surface area contributed by atoms with Crippen molar-refractivity contribution in [1.29, 1.82) is 0 Å². The Morgan fingerprint density at radius 2 is 2.04 bits per heavy atom. The van der Waals surface area contributed by atoms with Crippen molar-refractivity contribution in [2.75, 3.05) is 16.2 Å². The zero-order valence-electron chi connectivity index (χ0n) is 14.7. The molecule has 0 spiro atoms. The summed E-state index contributed by atoms with van der Waals surface area (Å²) in [5.74, 6) is 0.0706. The van der Waals surface area contributed by atoms with E-state index in [9.17, 15) is 9.59 Å². The number of anilines is 3. The van der Waals surface area contributed by atoms with E-state index in [1.165, 1.54) is 18.3 Å². The number of primary amides is 1. The van der Waals surface area contributed by atoms with Crippen molar-refractivity contribution in [3.63, 3.8) is 0 Å². The summed E-state index contributed by atoms with van der Waals surface area (Å²) in [5, 5.41) is 5.99. The van der Waals surface area contributed by atoms with Gasteiger partial charge in [0.1, 0.15) is 11.3 Å². The Balaban J connectivity index is 1.92. The van der Waals surface area contributed by atoms with E-state index in [0.29, 0.717) is 45.6 Å². The van der Waals surface area contributed by atoms with Crippen LogP contribution in [0.25, 0.3) is 11.2 Å². The second-order valence-corrected chi connectivity index (χ2v) is 6.41. The molecule has 3 aromatic rings. The molecule has 2 heterocycles. The lowest BCUT2D eigenvalue weighted by molar-refractivity contribution is 0.100. The molecule has 0 unspecified atom stereocenters. The Hall–Kier alpha value is -3.11. The minimum Gasteiger partial charge on any atom is -0.366 e. The van der Waals surface area contributed by atoms with E-state index >= 15 is 0 Å². The third kappa shape index (κ3) is 4.24. The highest BCUT2D eigenvalue weighted by atomic mass is 35.5. The van der Waals surface area contributed by atoms with Gasteiger partial charge in [-0.15, -0.1) is 0 Å². The molecule has 2 aromatic heterocycles. The molecule has 0 fully saturated rings. The standard InChI is InChI=1S/C17H16ClN7O2S/c1-2-20-17(27)25(28)14-6-5-11-16(24-14)23-13(8-21-11)22-12-7-9(15(19)26)3-4-10(12)18/h3-8,28H,2H2,1H3,(H2,19,26)(H,20,27)(H,22,23,24). The number of pyridine rings is 1. The monoisotopic (exact) mass is 417 g/mol. The fourth-order valence-electron chi connectivity index (χ4n) is 2.31. The van der Waals surface area contributed by atoms with Gasteiger partial charge >= 0.3 is 6.03 Å². The molecule has 3 rings (SSSR count). The Morgan fingerprint density at radius 3 is 2.75 bits per heavy atom. The van der Waals surface area contributed by atoms with E-state index in [0.717, 1.165) is 4.31 Å². The molecule has 28 heavy (non-hydrogen) atoms. The predicted molar refractivity (Wildman–Crippen MR) is 111 cm³/mol. The van der Waals surface area contributed by atoms with Gasteiger partial charge in [-0.1, -0.05) is 24.4 Å². The average Bonchev–Trinajstić information content (AvgIpc) is 2.68. The lowest BCUT2D eigenvalue weighted by Crippen LogP contribution is -2.34. The minimum atomic E-state index is -0.574. The SMILES string of the molecule is CCNC(=O)N(S)c1ccc2ncc(Nc3cc(C(N)=O)ccc3Cl)nc2n1. The van der Waals surface area contributed by atoms with Gasteiger partial charge in [0.2, 0.25) is 5.91 Å². The van der Waals surface area contributed by atoms with Crippen LogP contribution >= 0.6 is 24.4 Å². The number of fused-ring (bicyclic) bond motifs is 1. The van der Waals surface area contributed by atoms with Crippen LogP contribution in [0.2, 0.25) is 5.02 Å². The van der Waals surface area contributed by atoms with Crippen LogP contribution in [0.1, 0.15) is 17.3 Å². The van der Waals surface area contributed by atoms with E-state index in [1.807, 2.05) is 0 Å². The summed E-state index contributed by atoms with van der Waals surface area (Å²) in [6.45, 7) is 2.26. The van der Waals surface area contributed by atoms with E-state index in [4.69, 9.17) is 17.3 Å². The smallest absolute Gasteiger partial charge is 0.333 e. The first kappa shape index (κ1) is 19.6. The third-order valence-corrected chi connectivity index (χ3v) is 4.36. The number of carbonyl (C=O) groups is 2. The largest absolute Gasteiger partial charge is 0.366 e. The summed E-state index contributed by atoms with van der Waals surface area (Å²) in [5.41, 5.74) is 6.87. The summed E-state index contributed by atoms with van der Waals surface area (Å²) in [4.78, 5) is 36.3. The molecule has 9 nitrogen and oxygen atoms in total. The number of halogens is 1. The first-order valence-corrected chi connectivity index (χ1v) is 8.94. The fraction of sp³-hybridized carbons (Fsp3) is 0.118. The van der Waals surface area contributed by atoms with E-state index in [1.54, 1.807) is 25.1 Å². The van der Waals surface area contributed by atoms with Crippen LogP contribution in [0.3, 0.4) is 0 Å². The molecule has 0 saturated heterocycles. The highest BCUT2D eigenvalue weighted by Crippen LogP contribution is 2.26. The van der Waals surface area contributed by atoms with Gasteiger partial charge in [0.05, 0.1) is 16.9 Å². The van der Waals surface area contributed by atoms with Crippen molar-refractivity contribution in [2.24, 2.45) is 5.73 Å². The molecule has 0 saturated carbocycles. The van der Waals surface area contributed by atoms with Crippen LogP contribution in [0.4, 0.5) is 22.1 Å². The average molecular weight is 418 g/mol. The highest BCUT2D eigenvalue weighted by molar-refractivity contribution is 7.82. The predicted octanol–water partition coefficient (Wildman–Crippen LogP) is 2.90. The molecule has 0 aliphatic carbocycles. The van der Waals surface area contributed by atoms with E-state index in [2.05, 4.69) is 38.4 Å². The molecule has 4 N–H and O–H groups in total. The van der Waals surface area contributed by atoms with Gasteiger partial charge in [-0.2, -0.15) is 0 Å². The number of hydrogen-bond acceptors (Lipinski definition) is 7. The molecule has 0 atom stereocenters. The lowest BCUT2D eigenvalue weighted by atomic mass is 10.2. The Kier molecular flexibility index (Phi) is 5.81. The number of nitrogens with zero attached hydrogens (tertiary/aromatic N) is 4. The quantitative estimate of drug-likeness (QED) is 0.473. The van der Waals surface area contributed by atoms with Crippen LogP contribution < -0.4 is 20.7 Å². The summed E-state index contributed by atoms with van der Waals surface area (Å²) >= 11 is 10.3. The number of amides is 3. The number of benzene rings is 1. The normalized spacial score (nSPS) is 10.5. The van der Waals surface area contributed by atoms with Gasteiger partial charge in [0, 0.05) is 12.1 Å². The number of hydrogen-bond donors (Lipinski definition) is 4. The number of urea groups is 1. The first-order chi connectivity index (χ1) is 13.4. The van der Waals surface area contributed by atoms with Gasteiger partial charge < -0.3 is 16.4 Å². The van der Waals surface area contributed by atoms with Gasteiger partial charge in [-0.25, -0.2) is 24.1 Å². The number of rotatable bonds is 5. The second kappa shape index (κ2) is 8.28. The van der Waals surface area contributed by atoms with Crippen molar-refractivity contribution < 1.29 is 9.59 Å². The van der Waals surface area contributed by atoms with E-state index in [-0.39, 0.29) is 0 Å². The molecule has 1 aromatic carbocycles. The third-order valence-electron chi connectivity index (χ3n) is 3.64. The Labute approximate surface area is 170 Å². The van der Waals surface area contributed by atoms with Crippen molar-refractivity contribution in [3.8, 4) is 0 Å². The number of thiol groups is 1. The van der Waals surface area contributed by atoms with Crippen LogP contribution in [0, 0.1) is 0 Å². The van der Waals surface area contributed by atoms with Crippen LogP contribution in [0.5, 0.6) is 0 Å². The summed E-state index contributed by atoms with van der Waals surface area (Å²) in [6, 6.07) is 7.48. The molecule has 0 bridgehead atoms. The van der Waals surface area contributed by atoms with Crippen molar-refractivity contribution in [2.45, 2.75) is 6.92 Å².